The first-order valence-electron chi connectivity index (χ1n) is 5.22. The van der Waals surface area contributed by atoms with Crippen molar-refractivity contribution in [1.29, 1.82) is 0 Å². The average molecular weight is 334 g/mol. The highest BCUT2D eigenvalue weighted by Gasteiger charge is 2.09. The molecule has 1 heterocycles. The van der Waals surface area contributed by atoms with Gasteiger partial charge in [0.05, 0.1) is 16.5 Å². The van der Waals surface area contributed by atoms with Crippen LogP contribution >= 0.6 is 46.3 Å². The molecule has 100 valence electrons. The van der Waals surface area contributed by atoms with Crippen LogP contribution in [0.4, 0.5) is 5.69 Å². The summed E-state index contributed by atoms with van der Waals surface area (Å²) in [7, 11) is 0. The van der Waals surface area contributed by atoms with Gasteiger partial charge in [-0.05, 0) is 25.1 Å². The second-order valence-corrected chi connectivity index (χ2v) is 6.80. The fourth-order valence-electron chi connectivity index (χ4n) is 1.24. The van der Waals surface area contributed by atoms with Gasteiger partial charge < -0.3 is 5.32 Å². The summed E-state index contributed by atoms with van der Waals surface area (Å²) in [4.78, 5) is 11.8. The number of carbonyl (C=O) groups excluding carboxylic acids is 1. The van der Waals surface area contributed by atoms with Gasteiger partial charge in [0.15, 0.2) is 4.34 Å². The van der Waals surface area contributed by atoms with Gasteiger partial charge in [0, 0.05) is 5.02 Å². The first-order chi connectivity index (χ1) is 9.04. The van der Waals surface area contributed by atoms with Crippen molar-refractivity contribution < 1.29 is 4.79 Å². The minimum Gasteiger partial charge on any atom is -0.324 e. The fraction of sp³-hybridized carbons (Fsp3) is 0.182. The molecule has 0 atom stereocenters. The van der Waals surface area contributed by atoms with Crippen LogP contribution < -0.4 is 5.32 Å². The molecule has 0 aliphatic carbocycles. The molecule has 2 aromatic rings. The summed E-state index contributed by atoms with van der Waals surface area (Å²) in [6.07, 6.45) is 0. The SMILES string of the molecule is Cc1nnc(SCC(=O)Nc2ccc(Cl)cc2Cl)s1. The van der Waals surface area contributed by atoms with Gasteiger partial charge in [-0.2, -0.15) is 0 Å². The first kappa shape index (κ1) is 14.6. The summed E-state index contributed by atoms with van der Waals surface area (Å²) in [6, 6.07) is 4.92. The molecule has 0 aliphatic rings. The van der Waals surface area contributed by atoms with E-state index >= 15 is 0 Å². The van der Waals surface area contributed by atoms with Crippen LogP contribution in [0.2, 0.25) is 10.0 Å². The van der Waals surface area contributed by atoms with Crippen LogP contribution in [0.5, 0.6) is 0 Å². The van der Waals surface area contributed by atoms with Crippen LogP contribution in [0.15, 0.2) is 22.5 Å². The predicted octanol–water partition coefficient (Wildman–Crippen LogP) is 3.88. The van der Waals surface area contributed by atoms with Gasteiger partial charge in [0.2, 0.25) is 5.91 Å². The molecule has 0 saturated heterocycles. The summed E-state index contributed by atoms with van der Waals surface area (Å²) in [5.41, 5.74) is 0.546. The highest BCUT2D eigenvalue weighted by atomic mass is 35.5. The monoisotopic (exact) mass is 333 g/mol. The van der Waals surface area contributed by atoms with Crippen molar-refractivity contribution >= 4 is 57.9 Å². The lowest BCUT2D eigenvalue weighted by Crippen LogP contribution is -2.14. The molecule has 8 heteroatoms. The largest absolute Gasteiger partial charge is 0.324 e. The third-order valence-electron chi connectivity index (χ3n) is 2.04. The number of hydrogen-bond donors (Lipinski definition) is 1. The van der Waals surface area contributed by atoms with E-state index in [9.17, 15) is 4.79 Å². The number of halogens is 2. The van der Waals surface area contributed by atoms with E-state index in [4.69, 9.17) is 23.2 Å². The molecule has 1 aromatic heterocycles. The number of anilines is 1. The van der Waals surface area contributed by atoms with Gasteiger partial charge >= 0.3 is 0 Å². The fourth-order valence-corrected chi connectivity index (χ4v) is 3.31. The summed E-state index contributed by atoms with van der Waals surface area (Å²) in [5.74, 6) is 0.107. The lowest BCUT2D eigenvalue weighted by molar-refractivity contribution is -0.113. The van der Waals surface area contributed by atoms with Crippen molar-refractivity contribution in [3.63, 3.8) is 0 Å². The van der Waals surface area contributed by atoms with E-state index in [0.29, 0.717) is 15.7 Å². The highest BCUT2D eigenvalue weighted by molar-refractivity contribution is 8.01. The molecule has 1 N–H and O–H groups in total. The molecule has 1 aromatic carbocycles. The molecule has 0 spiro atoms. The van der Waals surface area contributed by atoms with E-state index in [0.717, 1.165) is 9.35 Å². The van der Waals surface area contributed by atoms with Crippen molar-refractivity contribution in [2.24, 2.45) is 0 Å². The zero-order valence-corrected chi connectivity index (χ0v) is 13.0. The highest BCUT2D eigenvalue weighted by Crippen LogP contribution is 2.26. The Labute approximate surface area is 128 Å². The standard InChI is InChI=1S/C11H9Cl2N3OS2/c1-6-15-16-11(19-6)18-5-10(17)14-9-3-2-7(12)4-8(9)13/h2-4H,5H2,1H3,(H,14,17). The van der Waals surface area contributed by atoms with Crippen molar-refractivity contribution in [1.82, 2.24) is 10.2 Å². The Hall–Kier alpha value is -0.820. The quantitative estimate of drug-likeness (QED) is 0.862. The van der Waals surface area contributed by atoms with Crippen LogP contribution in [0.25, 0.3) is 0 Å². The average Bonchev–Trinajstić information content (AvgIpc) is 2.76. The lowest BCUT2D eigenvalue weighted by atomic mass is 10.3. The number of thioether (sulfide) groups is 1. The molecule has 4 nitrogen and oxygen atoms in total. The summed E-state index contributed by atoms with van der Waals surface area (Å²) >= 11 is 14.5. The molecule has 0 aliphatic heterocycles. The number of nitrogens with one attached hydrogen (secondary N) is 1. The number of nitrogens with zero attached hydrogens (tertiary/aromatic N) is 2. The van der Waals surface area contributed by atoms with Gasteiger partial charge in [-0.3, -0.25) is 4.79 Å². The molecule has 0 fully saturated rings. The van der Waals surface area contributed by atoms with Crippen LogP contribution in [0.1, 0.15) is 5.01 Å². The van der Waals surface area contributed by atoms with E-state index in [1.165, 1.54) is 23.1 Å². The summed E-state index contributed by atoms with van der Waals surface area (Å²) in [6.45, 7) is 1.87. The smallest absolute Gasteiger partial charge is 0.234 e. The maximum Gasteiger partial charge on any atom is 0.234 e. The maximum absolute atomic E-state index is 11.8. The van der Waals surface area contributed by atoms with Gasteiger partial charge in [0.25, 0.3) is 0 Å². The molecule has 0 bridgehead atoms. The minimum atomic E-state index is -0.151. The topological polar surface area (TPSA) is 54.9 Å². The Kier molecular flexibility index (Phi) is 5.04. The molecular formula is C11H9Cl2N3OS2. The third kappa shape index (κ3) is 4.35. The van der Waals surface area contributed by atoms with Gasteiger partial charge in [-0.25, -0.2) is 0 Å². The van der Waals surface area contributed by atoms with Crippen molar-refractivity contribution in [3.8, 4) is 0 Å². The van der Waals surface area contributed by atoms with Crippen molar-refractivity contribution in [2.75, 3.05) is 11.1 Å². The molecule has 0 unspecified atom stereocenters. The van der Waals surface area contributed by atoms with Crippen LogP contribution in [-0.4, -0.2) is 21.9 Å². The molecule has 0 radical (unpaired) electrons. The van der Waals surface area contributed by atoms with E-state index < -0.39 is 0 Å². The van der Waals surface area contributed by atoms with E-state index in [1.54, 1.807) is 18.2 Å². The number of rotatable bonds is 4. The summed E-state index contributed by atoms with van der Waals surface area (Å²) < 4.78 is 0.773. The van der Waals surface area contributed by atoms with Crippen molar-refractivity contribution in [3.05, 3.63) is 33.3 Å². The molecule has 1 amide bonds. The van der Waals surface area contributed by atoms with E-state index in [1.807, 2.05) is 6.92 Å². The Bertz CT molecular complexity index is 603. The number of benzene rings is 1. The maximum atomic E-state index is 11.8. The summed E-state index contributed by atoms with van der Waals surface area (Å²) in [5, 5.41) is 12.4. The normalized spacial score (nSPS) is 10.5. The number of amides is 1. The van der Waals surface area contributed by atoms with Gasteiger partial charge in [-0.15, -0.1) is 10.2 Å². The zero-order valence-electron chi connectivity index (χ0n) is 9.81. The van der Waals surface area contributed by atoms with Crippen LogP contribution in [0.3, 0.4) is 0 Å². The number of hydrogen-bond acceptors (Lipinski definition) is 5. The Balaban J connectivity index is 1.90. The van der Waals surface area contributed by atoms with E-state index in [2.05, 4.69) is 15.5 Å². The lowest BCUT2D eigenvalue weighted by Gasteiger charge is -2.06. The Morgan fingerprint density at radius 3 is 2.84 bits per heavy atom. The van der Waals surface area contributed by atoms with Crippen LogP contribution in [0, 0.1) is 6.92 Å². The third-order valence-corrected chi connectivity index (χ3v) is 4.56. The van der Waals surface area contributed by atoms with Crippen molar-refractivity contribution in [2.45, 2.75) is 11.3 Å². The first-order valence-corrected chi connectivity index (χ1v) is 7.78. The minimum absolute atomic E-state index is 0.151. The number of aromatic nitrogens is 2. The second-order valence-electron chi connectivity index (χ2n) is 3.55. The van der Waals surface area contributed by atoms with Gasteiger partial charge in [0.1, 0.15) is 5.01 Å². The van der Waals surface area contributed by atoms with E-state index in [-0.39, 0.29) is 11.7 Å². The van der Waals surface area contributed by atoms with Gasteiger partial charge in [-0.1, -0.05) is 46.3 Å². The van der Waals surface area contributed by atoms with Crippen LogP contribution in [-0.2, 0) is 4.79 Å². The molecular weight excluding hydrogens is 325 g/mol. The molecule has 2 rings (SSSR count). The second kappa shape index (κ2) is 6.56. The number of carbonyl (C=O) groups is 1. The number of aryl methyl sites for hydroxylation is 1. The molecule has 0 saturated carbocycles. The Morgan fingerprint density at radius 1 is 1.42 bits per heavy atom. The molecule has 19 heavy (non-hydrogen) atoms. The zero-order chi connectivity index (χ0) is 13.8. The predicted molar refractivity (Wildman–Crippen MR) is 80.5 cm³/mol. The Morgan fingerprint density at radius 2 is 2.21 bits per heavy atom.